The Hall–Kier alpha value is -4.15. The molecule has 48 heavy (non-hydrogen) atoms. The van der Waals surface area contributed by atoms with Crippen LogP contribution in [0.5, 0.6) is 0 Å². The van der Waals surface area contributed by atoms with E-state index in [1.54, 1.807) is 0 Å². The zero-order chi connectivity index (χ0) is 34.3. The van der Waals surface area contributed by atoms with Crippen LogP contribution in [0.15, 0.2) is 43.0 Å². The fraction of sp³-hybridized carbons (Fsp3) is 0.410. The summed E-state index contributed by atoms with van der Waals surface area (Å²) in [5, 5.41) is 40.0. The first-order chi connectivity index (χ1) is 23.1. The molecule has 9 nitrogen and oxygen atoms in total. The summed E-state index contributed by atoms with van der Waals surface area (Å²) in [4.78, 5) is 31.1. The SMILES string of the molecule is C=CC1=C(C)c2cc3nc(cc4[nH]c(cc5[nH]c(cc1n2)c(C)c5CCCO)c(CCCO)c4C)[C@@]1(C)C3=CCC(CO)C1C(=O)CO. The van der Waals surface area contributed by atoms with E-state index in [4.69, 9.17) is 9.97 Å². The monoisotopic (exact) mass is 650 g/mol. The Labute approximate surface area is 280 Å². The number of aliphatic hydroxyl groups is 4. The standard InChI is InChI=1S/C39H46N4O5/c1-6-25-21(2)30-16-35-28-12-11-24(19-46)38(36(48)20-47)39(28,5)37(43-35)18-31-23(4)27(10-8-14-45)34(42-31)17-33-26(9-7-13-44)22(3)29(41-33)15-32(25)40-30/h6,12,15-18,24,38,41-42,44-47H,1,7-11,13-14,19-20H2,2-5H3/t24?,38?,39-/m1/s1. The number of ketones is 1. The number of nitrogens with one attached hydrogen (secondary N) is 2. The molecule has 252 valence electrons. The molecule has 6 N–H and O–H groups in total. The van der Waals surface area contributed by atoms with E-state index in [9.17, 15) is 25.2 Å². The fourth-order valence-electron chi connectivity index (χ4n) is 8.09. The number of fused-ring (bicyclic) bond motifs is 11. The molecule has 0 saturated carbocycles. The topological polar surface area (TPSA) is 155 Å². The summed E-state index contributed by atoms with van der Waals surface area (Å²) >= 11 is 0. The minimum Gasteiger partial charge on any atom is -0.396 e. The van der Waals surface area contributed by atoms with Crippen LogP contribution in [0, 0.1) is 25.7 Å². The Morgan fingerprint density at radius 3 is 2.06 bits per heavy atom. The van der Waals surface area contributed by atoms with Crippen molar-refractivity contribution in [2.75, 3.05) is 26.4 Å². The molecule has 3 aliphatic rings. The van der Waals surface area contributed by atoms with Gasteiger partial charge in [-0.15, -0.1) is 0 Å². The summed E-state index contributed by atoms with van der Waals surface area (Å²) in [6.07, 6.45) is 6.96. The first-order valence-corrected chi connectivity index (χ1v) is 16.9. The number of allylic oxidation sites excluding steroid dienone is 5. The molecule has 0 aromatic carbocycles. The number of hydrogen-bond donors (Lipinski definition) is 6. The Kier molecular flexibility index (Phi) is 9.42. The zero-order valence-corrected chi connectivity index (χ0v) is 28.3. The largest absolute Gasteiger partial charge is 0.396 e. The van der Waals surface area contributed by atoms with Crippen molar-refractivity contribution in [1.29, 1.82) is 0 Å². The summed E-state index contributed by atoms with van der Waals surface area (Å²) in [6, 6.07) is 8.14. The van der Waals surface area contributed by atoms with E-state index in [0.29, 0.717) is 43.5 Å². The molecule has 3 atom stereocenters. The van der Waals surface area contributed by atoms with Crippen molar-refractivity contribution in [3.63, 3.8) is 0 Å². The number of carbonyl (C=O) groups is 1. The van der Waals surface area contributed by atoms with E-state index in [2.05, 4.69) is 42.5 Å². The van der Waals surface area contributed by atoms with Crippen molar-refractivity contribution in [2.24, 2.45) is 11.8 Å². The molecule has 0 saturated heterocycles. The van der Waals surface area contributed by atoms with Gasteiger partial charge in [-0.05, 0) is 123 Å². The lowest BCUT2D eigenvalue weighted by molar-refractivity contribution is -0.130. The van der Waals surface area contributed by atoms with Crippen LogP contribution in [0.25, 0.3) is 38.8 Å². The molecule has 0 amide bonds. The van der Waals surface area contributed by atoms with Gasteiger partial charge in [0.1, 0.15) is 6.61 Å². The predicted molar refractivity (Wildman–Crippen MR) is 190 cm³/mol. The molecule has 6 rings (SSSR count). The van der Waals surface area contributed by atoms with Crippen LogP contribution in [-0.4, -0.2) is 72.6 Å². The van der Waals surface area contributed by atoms with Crippen molar-refractivity contribution in [3.05, 3.63) is 88.0 Å². The van der Waals surface area contributed by atoms with Crippen LogP contribution in [-0.2, 0) is 23.1 Å². The molecule has 2 unspecified atom stereocenters. The van der Waals surface area contributed by atoms with E-state index in [-0.39, 0.29) is 31.5 Å². The molecule has 3 aromatic rings. The van der Waals surface area contributed by atoms with Gasteiger partial charge >= 0.3 is 0 Å². The molecule has 2 aliphatic heterocycles. The number of rotatable bonds is 10. The van der Waals surface area contributed by atoms with Gasteiger partial charge in [0.2, 0.25) is 0 Å². The van der Waals surface area contributed by atoms with Gasteiger partial charge in [-0.2, -0.15) is 0 Å². The highest BCUT2D eigenvalue weighted by Crippen LogP contribution is 2.53. The number of Topliss-reactive ketones (excluding diaryl/α,β-unsaturated/α-hetero) is 1. The normalized spacial score (nSPS) is 20.5. The highest BCUT2D eigenvalue weighted by atomic mass is 16.3. The van der Waals surface area contributed by atoms with Crippen LogP contribution in [0.2, 0.25) is 0 Å². The second kappa shape index (κ2) is 13.4. The van der Waals surface area contributed by atoms with E-state index >= 15 is 0 Å². The average molecular weight is 651 g/mol. The zero-order valence-electron chi connectivity index (χ0n) is 28.3. The number of aromatic amines is 2. The van der Waals surface area contributed by atoms with Gasteiger partial charge in [0.25, 0.3) is 0 Å². The lowest BCUT2D eigenvalue weighted by atomic mass is 9.59. The lowest BCUT2D eigenvalue weighted by Crippen LogP contribution is -2.45. The van der Waals surface area contributed by atoms with Gasteiger partial charge in [-0.3, -0.25) is 9.78 Å². The molecular weight excluding hydrogens is 604 g/mol. The smallest absolute Gasteiger partial charge is 0.162 e. The number of H-pyrrole nitrogens is 2. The lowest BCUT2D eigenvalue weighted by Gasteiger charge is -2.41. The van der Waals surface area contributed by atoms with Gasteiger partial charge in [-0.25, -0.2) is 4.98 Å². The Balaban J connectivity index is 1.78. The molecule has 1 aliphatic carbocycles. The minimum absolute atomic E-state index is 0.0612. The van der Waals surface area contributed by atoms with Crippen molar-refractivity contribution in [1.82, 2.24) is 19.9 Å². The van der Waals surface area contributed by atoms with Gasteiger partial charge in [0, 0.05) is 58.8 Å². The van der Waals surface area contributed by atoms with Crippen LogP contribution in [0.1, 0.15) is 78.1 Å². The summed E-state index contributed by atoms with van der Waals surface area (Å²) in [5.74, 6) is -1.37. The maximum absolute atomic E-state index is 13.5. The highest BCUT2D eigenvalue weighted by molar-refractivity contribution is 5.97. The minimum atomic E-state index is -0.906. The maximum atomic E-state index is 13.5. The van der Waals surface area contributed by atoms with Crippen molar-refractivity contribution in [2.45, 2.75) is 65.2 Å². The first-order valence-electron chi connectivity index (χ1n) is 16.9. The fourth-order valence-corrected chi connectivity index (χ4v) is 8.09. The van der Waals surface area contributed by atoms with Crippen LogP contribution in [0.4, 0.5) is 0 Å². The van der Waals surface area contributed by atoms with Crippen LogP contribution >= 0.6 is 0 Å². The van der Waals surface area contributed by atoms with E-state index in [1.807, 2.05) is 38.1 Å². The summed E-state index contributed by atoms with van der Waals surface area (Å²) in [5.41, 5.74) is 12.7. The highest BCUT2D eigenvalue weighted by Gasteiger charge is 2.52. The molecule has 9 heteroatoms. The van der Waals surface area contributed by atoms with Crippen molar-refractivity contribution in [3.8, 4) is 0 Å². The molecule has 0 spiro atoms. The molecule has 3 aromatic heterocycles. The Bertz CT molecular complexity index is 2020. The number of aryl methyl sites for hydroxylation is 4. The number of aliphatic hydroxyl groups excluding tert-OH is 4. The third-order valence-electron chi connectivity index (χ3n) is 10.8. The number of aromatic nitrogens is 4. The molecule has 0 fully saturated rings. The van der Waals surface area contributed by atoms with Gasteiger partial charge < -0.3 is 30.4 Å². The van der Waals surface area contributed by atoms with Crippen molar-refractivity contribution >= 4 is 44.6 Å². The summed E-state index contributed by atoms with van der Waals surface area (Å²) in [7, 11) is 0. The van der Waals surface area contributed by atoms with E-state index in [1.165, 1.54) is 0 Å². The molecule has 5 heterocycles. The molecular formula is C39H46N4O5. The third kappa shape index (κ3) is 5.48. The van der Waals surface area contributed by atoms with Gasteiger partial charge in [0.05, 0.1) is 22.8 Å². The van der Waals surface area contributed by atoms with Crippen LogP contribution in [0.3, 0.4) is 0 Å². The van der Waals surface area contributed by atoms with E-state index < -0.39 is 17.9 Å². The molecule has 8 bridgehead atoms. The third-order valence-corrected chi connectivity index (χ3v) is 10.8. The molecule has 0 radical (unpaired) electrons. The van der Waals surface area contributed by atoms with Gasteiger partial charge in [0.15, 0.2) is 5.78 Å². The second-order valence-electron chi connectivity index (χ2n) is 13.5. The quantitative estimate of drug-likeness (QED) is 0.171. The number of nitrogens with zero attached hydrogens (tertiary/aromatic N) is 2. The Morgan fingerprint density at radius 2 is 1.50 bits per heavy atom. The van der Waals surface area contributed by atoms with Crippen molar-refractivity contribution < 1.29 is 25.2 Å². The predicted octanol–water partition coefficient (Wildman–Crippen LogP) is 5.43. The van der Waals surface area contributed by atoms with Crippen LogP contribution < -0.4 is 0 Å². The summed E-state index contributed by atoms with van der Waals surface area (Å²) < 4.78 is 0. The Morgan fingerprint density at radius 1 is 0.875 bits per heavy atom. The maximum Gasteiger partial charge on any atom is 0.162 e. The number of carbonyl (C=O) groups excluding carboxylic acids is 1. The first kappa shape index (κ1) is 33.7. The number of hydrogen-bond acceptors (Lipinski definition) is 7. The second-order valence-corrected chi connectivity index (χ2v) is 13.5. The van der Waals surface area contributed by atoms with E-state index in [0.717, 1.165) is 72.4 Å². The van der Waals surface area contributed by atoms with Gasteiger partial charge in [-0.1, -0.05) is 18.7 Å². The summed E-state index contributed by atoms with van der Waals surface area (Å²) in [6.45, 7) is 11.6. The average Bonchev–Trinajstić information content (AvgIpc) is 3.73.